The molecule has 0 spiro atoms. The molecule has 36 heavy (non-hydrogen) atoms. The lowest BCUT2D eigenvalue weighted by Crippen LogP contribution is -2.32. The van der Waals surface area contributed by atoms with Crippen LogP contribution in [0.25, 0.3) is 33.4 Å². The summed E-state index contributed by atoms with van der Waals surface area (Å²) in [6.07, 6.45) is 11.3. The molecule has 0 amide bonds. The second kappa shape index (κ2) is 8.53. The summed E-state index contributed by atoms with van der Waals surface area (Å²) >= 11 is 0. The number of aryl methyl sites for hydroxylation is 3. The van der Waals surface area contributed by atoms with Crippen molar-refractivity contribution in [3.8, 4) is 22.4 Å². The maximum absolute atomic E-state index is 10.6. The molecule has 3 aliphatic rings. The average Bonchev–Trinajstić information content (AvgIpc) is 3.60. The van der Waals surface area contributed by atoms with Crippen LogP contribution in [0.5, 0.6) is 0 Å². The molecule has 2 aromatic carbocycles. The first-order valence-electron chi connectivity index (χ1n) is 13.6. The minimum Gasteiger partial charge on any atom is -0.385 e. The highest BCUT2D eigenvalue weighted by Gasteiger charge is 2.32. The van der Waals surface area contributed by atoms with Crippen molar-refractivity contribution in [1.29, 1.82) is 0 Å². The molecule has 0 radical (unpaired) electrons. The molecule has 2 aromatic heterocycles. The zero-order chi connectivity index (χ0) is 24.3. The minimum atomic E-state index is -0.726. The summed E-state index contributed by atoms with van der Waals surface area (Å²) < 4.78 is 0. The predicted molar refractivity (Wildman–Crippen MR) is 144 cm³/mol. The van der Waals surface area contributed by atoms with Gasteiger partial charge in [-0.15, -0.1) is 0 Å². The fourth-order valence-corrected chi connectivity index (χ4v) is 6.81. The number of rotatable bonds is 3. The van der Waals surface area contributed by atoms with E-state index in [1.165, 1.54) is 67.4 Å². The predicted octanol–water partition coefficient (Wildman–Crippen LogP) is 5.79. The highest BCUT2D eigenvalue weighted by molar-refractivity contribution is 5.93. The molecule has 0 bridgehead atoms. The van der Waals surface area contributed by atoms with Crippen LogP contribution >= 0.6 is 0 Å². The maximum Gasteiger partial charge on any atom is 0.155 e. The molecule has 3 heterocycles. The van der Waals surface area contributed by atoms with Gasteiger partial charge in [-0.1, -0.05) is 30.3 Å². The van der Waals surface area contributed by atoms with E-state index in [1.807, 2.05) is 13.1 Å². The van der Waals surface area contributed by atoms with Crippen LogP contribution in [-0.4, -0.2) is 44.3 Å². The normalized spacial score (nSPS) is 24.1. The summed E-state index contributed by atoms with van der Waals surface area (Å²) in [6, 6.07) is 16.3. The first-order valence-corrected chi connectivity index (χ1v) is 13.6. The summed E-state index contributed by atoms with van der Waals surface area (Å²) in [6.45, 7) is 4.48. The third kappa shape index (κ3) is 3.77. The van der Waals surface area contributed by atoms with Crippen molar-refractivity contribution in [1.82, 2.24) is 20.1 Å². The number of aliphatic hydroxyl groups is 1. The monoisotopic (exact) mass is 478 g/mol. The standard InChI is InChI=1S/C31H34N4O/c1-31(36)13-12-23-17-24(8-11-28(23)31)29-27-18-25(19-32-30(27)34-33-29)22-5-4-20-6-9-26(10-7-21(20)16-22)35-14-2-3-15-35/h4-5,8,11,16-19,26,36H,2-3,6-7,9-10,12-15H2,1H3,(H,32,33,34)/t26-,31?/m0/s1. The van der Waals surface area contributed by atoms with Crippen LogP contribution in [0.1, 0.15) is 61.3 Å². The maximum atomic E-state index is 10.6. The van der Waals surface area contributed by atoms with Crippen LogP contribution in [0.15, 0.2) is 48.7 Å². The van der Waals surface area contributed by atoms with Gasteiger partial charge in [0, 0.05) is 28.8 Å². The van der Waals surface area contributed by atoms with E-state index in [2.05, 4.69) is 57.6 Å². The van der Waals surface area contributed by atoms with Gasteiger partial charge < -0.3 is 10.0 Å². The van der Waals surface area contributed by atoms with Crippen molar-refractivity contribution < 1.29 is 5.11 Å². The Labute approximate surface area is 212 Å². The summed E-state index contributed by atoms with van der Waals surface area (Å²) in [7, 11) is 0. The van der Waals surface area contributed by atoms with E-state index < -0.39 is 5.60 Å². The molecule has 0 saturated carbocycles. The van der Waals surface area contributed by atoms with E-state index >= 15 is 0 Å². The van der Waals surface area contributed by atoms with Crippen molar-refractivity contribution in [2.45, 2.75) is 69.9 Å². The molecular weight excluding hydrogens is 444 g/mol. The fraction of sp³-hybridized carbons (Fsp3) is 0.419. The largest absolute Gasteiger partial charge is 0.385 e. The number of hydrogen-bond donors (Lipinski definition) is 2. The van der Waals surface area contributed by atoms with Crippen molar-refractivity contribution >= 4 is 11.0 Å². The van der Waals surface area contributed by atoms with Crippen LogP contribution in [0.2, 0.25) is 0 Å². The molecule has 1 saturated heterocycles. The smallest absolute Gasteiger partial charge is 0.155 e. The van der Waals surface area contributed by atoms with Crippen molar-refractivity contribution in [2.75, 3.05) is 13.1 Å². The van der Waals surface area contributed by atoms with E-state index in [9.17, 15) is 5.11 Å². The number of benzene rings is 2. The molecule has 184 valence electrons. The number of H-pyrrole nitrogens is 1. The number of likely N-dealkylation sites (tertiary alicyclic amines) is 1. The van der Waals surface area contributed by atoms with Crippen LogP contribution in [0.4, 0.5) is 0 Å². The lowest BCUT2D eigenvalue weighted by atomic mass is 9.95. The topological polar surface area (TPSA) is 65.0 Å². The SMILES string of the molecule is CC1(O)CCc2cc(-c3n[nH]c4ncc(-c5ccc6c(c5)CC[C@@H](N5CCCC5)CC6)cc34)ccc21. The molecule has 2 atom stereocenters. The van der Waals surface area contributed by atoms with Gasteiger partial charge in [0.15, 0.2) is 5.65 Å². The van der Waals surface area contributed by atoms with Gasteiger partial charge in [0.1, 0.15) is 5.69 Å². The molecule has 1 fully saturated rings. The lowest BCUT2D eigenvalue weighted by Gasteiger charge is -2.25. The van der Waals surface area contributed by atoms with Gasteiger partial charge in [-0.2, -0.15) is 5.10 Å². The third-order valence-electron chi connectivity index (χ3n) is 8.95. The lowest BCUT2D eigenvalue weighted by molar-refractivity contribution is 0.0595. The number of hydrogen-bond acceptors (Lipinski definition) is 4. The molecule has 5 nitrogen and oxygen atoms in total. The molecular formula is C31H34N4O. The summed E-state index contributed by atoms with van der Waals surface area (Å²) in [5, 5.41) is 19.4. The van der Waals surface area contributed by atoms with Crippen LogP contribution in [-0.2, 0) is 24.9 Å². The van der Waals surface area contributed by atoms with Crippen molar-refractivity contribution in [3.63, 3.8) is 0 Å². The van der Waals surface area contributed by atoms with Crippen LogP contribution in [0.3, 0.4) is 0 Å². The second-order valence-electron chi connectivity index (χ2n) is 11.3. The van der Waals surface area contributed by atoms with Gasteiger partial charge in [0.25, 0.3) is 0 Å². The van der Waals surface area contributed by atoms with E-state index in [0.29, 0.717) is 0 Å². The summed E-state index contributed by atoms with van der Waals surface area (Å²) in [5.41, 5.74) is 9.75. The van der Waals surface area contributed by atoms with Gasteiger partial charge in [-0.3, -0.25) is 5.10 Å². The Balaban J connectivity index is 1.20. The molecule has 7 rings (SSSR count). The number of nitrogens with one attached hydrogen (secondary N) is 1. The Bertz CT molecular complexity index is 1450. The molecule has 5 heteroatoms. The molecule has 2 N–H and O–H groups in total. The van der Waals surface area contributed by atoms with E-state index in [0.717, 1.165) is 58.7 Å². The first kappa shape index (κ1) is 22.2. The Morgan fingerprint density at radius 2 is 1.67 bits per heavy atom. The van der Waals surface area contributed by atoms with Crippen LogP contribution in [0, 0.1) is 0 Å². The highest BCUT2D eigenvalue weighted by atomic mass is 16.3. The second-order valence-corrected chi connectivity index (χ2v) is 11.3. The van der Waals surface area contributed by atoms with Crippen molar-refractivity contribution in [2.24, 2.45) is 0 Å². The third-order valence-corrected chi connectivity index (χ3v) is 8.95. The highest BCUT2D eigenvalue weighted by Crippen LogP contribution is 2.39. The fourth-order valence-electron chi connectivity index (χ4n) is 6.81. The molecule has 1 aliphatic heterocycles. The zero-order valence-electron chi connectivity index (χ0n) is 21.1. The molecule has 4 aromatic rings. The number of aromatic amines is 1. The number of fused-ring (bicyclic) bond motifs is 3. The zero-order valence-corrected chi connectivity index (χ0v) is 21.1. The Morgan fingerprint density at radius 3 is 2.53 bits per heavy atom. The minimum absolute atomic E-state index is 0.726. The molecule has 2 aliphatic carbocycles. The summed E-state index contributed by atoms with van der Waals surface area (Å²) in [5.74, 6) is 0. The molecule has 1 unspecified atom stereocenters. The van der Waals surface area contributed by atoms with Crippen molar-refractivity contribution in [3.05, 3.63) is 70.9 Å². The number of aromatic nitrogens is 3. The Morgan fingerprint density at radius 1 is 0.889 bits per heavy atom. The first-order chi connectivity index (χ1) is 17.5. The van der Waals surface area contributed by atoms with Gasteiger partial charge >= 0.3 is 0 Å². The van der Waals surface area contributed by atoms with Gasteiger partial charge in [0.05, 0.1) is 5.60 Å². The van der Waals surface area contributed by atoms with Gasteiger partial charge in [0.2, 0.25) is 0 Å². The van der Waals surface area contributed by atoms with E-state index in [4.69, 9.17) is 4.98 Å². The number of pyridine rings is 1. The quantitative estimate of drug-likeness (QED) is 0.366. The van der Waals surface area contributed by atoms with E-state index in [1.54, 1.807) is 0 Å². The average molecular weight is 479 g/mol. The van der Waals surface area contributed by atoms with E-state index in [-0.39, 0.29) is 0 Å². The van der Waals surface area contributed by atoms with Gasteiger partial charge in [-0.05, 0) is 111 Å². The van der Waals surface area contributed by atoms with Crippen LogP contribution < -0.4 is 0 Å². The number of nitrogens with zero attached hydrogens (tertiary/aromatic N) is 3. The van der Waals surface area contributed by atoms with Gasteiger partial charge in [-0.25, -0.2) is 4.98 Å². The summed E-state index contributed by atoms with van der Waals surface area (Å²) in [4.78, 5) is 7.46. The Kier molecular flexibility index (Phi) is 5.26. The Hall–Kier alpha value is -3.02.